The summed E-state index contributed by atoms with van der Waals surface area (Å²) in [7, 11) is 0. The zero-order valence-electron chi connectivity index (χ0n) is 16.8. The third-order valence-corrected chi connectivity index (χ3v) is 5.31. The lowest BCUT2D eigenvalue weighted by atomic mass is 9.72. The van der Waals surface area contributed by atoms with Crippen LogP contribution >= 0.6 is 0 Å². The SMILES string of the molecule is C#C[C@@]1(C)OC(C)(C)O[C@@H]1C[C@H]1CC=C[C@@H](C)[C@H]1/C=C(\C#N)C(=O)OCC. The average Bonchev–Trinajstić information content (AvgIpc) is 2.83. The van der Waals surface area contributed by atoms with E-state index in [0.717, 1.165) is 6.42 Å². The fourth-order valence-electron chi connectivity index (χ4n) is 4.00. The number of nitrogens with zero attached hydrogens (tertiary/aromatic N) is 1. The van der Waals surface area contributed by atoms with Gasteiger partial charge in [0, 0.05) is 0 Å². The predicted octanol–water partition coefficient (Wildman–Crippen LogP) is 3.76. The first-order valence-electron chi connectivity index (χ1n) is 9.47. The number of hydrogen-bond acceptors (Lipinski definition) is 5. The molecule has 5 heteroatoms. The molecular formula is C22H29NO4. The van der Waals surface area contributed by atoms with Gasteiger partial charge in [-0.15, -0.1) is 6.42 Å². The van der Waals surface area contributed by atoms with Crippen molar-refractivity contribution in [3.05, 3.63) is 23.8 Å². The monoisotopic (exact) mass is 371 g/mol. The standard InChI is InChI=1S/C22H29NO4/c1-7-22(6)19(26-21(4,5)27-22)13-16-11-9-10-15(3)18(16)12-17(14-23)20(24)25-8-2/h1,9-10,12,15-16,18-19H,8,11,13H2,2-6H3/b17-12+/t15-,16-,18-,19-,22-/m1/s1. The van der Waals surface area contributed by atoms with E-state index in [-0.39, 0.29) is 36.0 Å². The topological polar surface area (TPSA) is 68.5 Å². The van der Waals surface area contributed by atoms with Crippen LogP contribution in [0, 0.1) is 41.4 Å². The molecule has 1 aliphatic heterocycles. The van der Waals surface area contributed by atoms with Crippen LogP contribution in [0.2, 0.25) is 0 Å². The van der Waals surface area contributed by atoms with Crippen molar-refractivity contribution in [1.82, 2.24) is 0 Å². The Bertz CT molecular complexity index is 709. The highest BCUT2D eigenvalue weighted by molar-refractivity contribution is 5.92. The number of nitriles is 1. The van der Waals surface area contributed by atoms with E-state index in [1.807, 2.05) is 26.8 Å². The predicted molar refractivity (Wildman–Crippen MR) is 102 cm³/mol. The molecule has 1 heterocycles. The summed E-state index contributed by atoms with van der Waals surface area (Å²) < 4.78 is 17.0. The summed E-state index contributed by atoms with van der Waals surface area (Å²) in [5.74, 6) is 1.81. The third-order valence-electron chi connectivity index (χ3n) is 5.31. The lowest BCUT2D eigenvalue weighted by molar-refractivity contribution is -0.153. The van der Waals surface area contributed by atoms with Crippen LogP contribution in [0.5, 0.6) is 0 Å². The molecule has 0 unspecified atom stereocenters. The van der Waals surface area contributed by atoms with Gasteiger partial charge in [-0.05, 0) is 58.3 Å². The van der Waals surface area contributed by atoms with Gasteiger partial charge in [0.05, 0.1) is 6.61 Å². The van der Waals surface area contributed by atoms with Crippen LogP contribution in [0.4, 0.5) is 0 Å². The minimum Gasteiger partial charge on any atom is -0.462 e. The first kappa shape index (κ1) is 21.2. The highest BCUT2D eigenvalue weighted by Gasteiger charge is 2.50. The Kier molecular flexibility index (Phi) is 6.52. The van der Waals surface area contributed by atoms with Crippen LogP contribution in [-0.2, 0) is 19.0 Å². The Hall–Kier alpha value is -2.08. The maximum atomic E-state index is 12.0. The number of carbonyl (C=O) groups is 1. The van der Waals surface area contributed by atoms with Crippen molar-refractivity contribution < 1.29 is 19.0 Å². The largest absolute Gasteiger partial charge is 0.462 e. The van der Waals surface area contributed by atoms with Crippen molar-refractivity contribution in [2.75, 3.05) is 6.61 Å². The van der Waals surface area contributed by atoms with Gasteiger partial charge in [0.25, 0.3) is 0 Å². The van der Waals surface area contributed by atoms with Gasteiger partial charge < -0.3 is 14.2 Å². The fraction of sp³-hybridized carbons (Fsp3) is 0.636. The molecule has 1 saturated heterocycles. The van der Waals surface area contributed by atoms with Crippen molar-refractivity contribution in [3.63, 3.8) is 0 Å². The van der Waals surface area contributed by atoms with Crippen LogP contribution in [0.1, 0.15) is 47.5 Å². The smallest absolute Gasteiger partial charge is 0.348 e. The normalized spacial score (nSPS) is 35.3. The highest BCUT2D eigenvalue weighted by atomic mass is 16.8. The zero-order chi connectivity index (χ0) is 20.2. The van der Waals surface area contributed by atoms with Crippen LogP contribution in [-0.4, -0.2) is 30.1 Å². The van der Waals surface area contributed by atoms with Gasteiger partial charge in [0.2, 0.25) is 0 Å². The number of ether oxygens (including phenoxy) is 3. The Morgan fingerprint density at radius 3 is 2.74 bits per heavy atom. The minimum absolute atomic E-state index is 0.0170. The Labute approximate surface area is 162 Å². The first-order chi connectivity index (χ1) is 12.7. The summed E-state index contributed by atoms with van der Waals surface area (Å²) >= 11 is 0. The number of terminal acetylenes is 1. The lowest BCUT2D eigenvalue weighted by Gasteiger charge is -2.34. The van der Waals surface area contributed by atoms with Gasteiger partial charge in [0.1, 0.15) is 17.7 Å². The highest BCUT2D eigenvalue weighted by Crippen LogP contribution is 2.43. The average molecular weight is 371 g/mol. The van der Waals surface area contributed by atoms with E-state index in [1.54, 1.807) is 13.0 Å². The minimum atomic E-state index is -0.804. The molecule has 1 fully saturated rings. The second-order valence-electron chi connectivity index (χ2n) is 7.87. The summed E-state index contributed by atoms with van der Waals surface area (Å²) in [6.45, 7) is 9.64. The van der Waals surface area contributed by atoms with E-state index in [2.05, 4.69) is 25.0 Å². The second kappa shape index (κ2) is 8.30. The molecule has 146 valence electrons. The summed E-state index contributed by atoms with van der Waals surface area (Å²) in [5, 5.41) is 9.39. The van der Waals surface area contributed by atoms with Crippen molar-refractivity contribution in [2.45, 2.75) is 65.0 Å². The van der Waals surface area contributed by atoms with Crippen molar-refractivity contribution in [3.8, 4) is 18.4 Å². The molecule has 1 aliphatic carbocycles. The molecular weight excluding hydrogens is 342 g/mol. The zero-order valence-corrected chi connectivity index (χ0v) is 16.8. The summed E-state index contributed by atoms with van der Waals surface area (Å²) in [6, 6.07) is 1.98. The summed E-state index contributed by atoms with van der Waals surface area (Å²) in [5.41, 5.74) is -0.751. The van der Waals surface area contributed by atoms with Gasteiger partial charge >= 0.3 is 5.97 Å². The van der Waals surface area contributed by atoms with E-state index in [0.29, 0.717) is 6.42 Å². The Morgan fingerprint density at radius 1 is 1.44 bits per heavy atom. The molecule has 5 atom stereocenters. The number of carbonyl (C=O) groups excluding carboxylic acids is 1. The molecule has 0 bridgehead atoms. The molecule has 0 N–H and O–H groups in total. The summed E-state index contributed by atoms with van der Waals surface area (Å²) in [4.78, 5) is 12.0. The van der Waals surface area contributed by atoms with Gasteiger partial charge in [-0.2, -0.15) is 5.26 Å². The second-order valence-corrected chi connectivity index (χ2v) is 7.87. The van der Waals surface area contributed by atoms with E-state index >= 15 is 0 Å². The molecule has 0 amide bonds. The molecule has 2 rings (SSSR count). The van der Waals surface area contributed by atoms with E-state index < -0.39 is 17.4 Å². The molecule has 0 radical (unpaired) electrons. The van der Waals surface area contributed by atoms with Crippen LogP contribution < -0.4 is 0 Å². The lowest BCUT2D eigenvalue weighted by Crippen LogP contribution is -2.38. The molecule has 0 saturated carbocycles. The summed E-state index contributed by atoms with van der Waals surface area (Å²) in [6.07, 6.45) is 13.0. The maximum absolute atomic E-state index is 12.0. The van der Waals surface area contributed by atoms with Crippen molar-refractivity contribution in [2.24, 2.45) is 17.8 Å². The molecule has 0 spiro atoms. The van der Waals surface area contributed by atoms with Gasteiger partial charge in [-0.3, -0.25) is 0 Å². The Balaban J connectivity index is 2.27. The van der Waals surface area contributed by atoms with E-state index in [1.165, 1.54) is 0 Å². The fourth-order valence-corrected chi connectivity index (χ4v) is 4.00. The van der Waals surface area contributed by atoms with Crippen molar-refractivity contribution >= 4 is 5.97 Å². The van der Waals surface area contributed by atoms with Crippen molar-refractivity contribution in [1.29, 1.82) is 5.26 Å². The van der Waals surface area contributed by atoms with E-state index in [9.17, 15) is 10.1 Å². The maximum Gasteiger partial charge on any atom is 0.348 e. The van der Waals surface area contributed by atoms with E-state index in [4.69, 9.17) is 20.6 Å². The number of rotatable bonds is 5. The van der Waals surface area contributed by atoms with Gasteiger partial charge in [-0.1, -0.05) is 31.1 Å². The molecule has 2 aliphatic rings. The quantitative estimate of drug-likeness (QED) is 0.242. The van der Waals surface area contributed by atoms with Crippen LogP contribution in [0.15, 0.2) is 23.8 Å². The van der Waals surface area contributed by atoms with Crippen LogP contribution in [0.25, 0.3) is 0 Å². The Morgan fingerprint density at radius 2 is 2.15 bits per heavy atom. The number of esters is 1. The molecule has 0 aromatic heterocycles. The molecule has 5 nitrogen and oxygen atoms in total. The van der Waals surface area contributed by atoms with Gasteiger partial charge in [0.15, 0.2) is 11.4 Å². The first-order valence-corrected chi connectivity index (χ1v) is 9.47. The molecule has 0 aromatic rings. The number of allylic oxidation sites excluding steroid dienone is 3. The van der Waals surface area contributed by atoms with Gasteiger partial charge in [-0.25, -0.2) is 4.79 Å². The molecule has 27 heavy (non-hydrogen) atoms. The molecule has 0 aromatic carbocycles. The third kappa shape index (κ3) is 4.80. The van der Waals surface area contributed by atoms with Crippen LogP contribution in [0.3, 0.4) is 0 Å². The number of hydrogen-bond donors (Lipinski definition) is 0.